The lowest BCUT2D eigenvalue weighted by atomic mass is 10.1. The summed E-state index contributed by atoms with van der Waals surface area (Å²) in [5.74, 6) is 0.848. The van der Waals surface area contributed by atoms with Crippen molar-refractivity contribution in [3.05, 3.63) is 66.5 Å². The van der Waals surface area contributed by atoms with Crippen molar-refractivity contribution >= 4 is 29.0 Å². The summed E-state index contributed by atoms with van der Waals surface area (Å²) in [4.78, 5) is 14.5. The lowest BCUT2D eigenvalue weighted by molar-refractivity contribution is 0.204. The van der Waals surface area contributed by atoms with Crippen LogP contribution in [0.1, 0.15) is 5.56 Å². The Bertz CT molecular complexity index is 903. The number of aromatic nitrogens is 2. The number of para-hydroxylation sites is 1. The van der Waals surface area contributed by atoms with Gasteiger partial charge < -0.3 is 9.64 Å². The number of hydrogen-bond acceptors (Lipinski definition) is 6. The molecule has 0 radical (unpaired) electrons. The molecule has 132 valence electrons. The standard InChI is InChI=1S/C20H20N4OS/c1-23(16-6-4-3-5-7-16)13-15-8-9-18-17(12-15)24(14-25-2)19-20(26-18)22-11-10-21-19/h3-12H,13-14H2,1-2H3. The van der Waals surface area contributed by atoms with Crippen LogP contribution in [0.2, 0.25) is 0 Å². The highest BCUT2D eigenvalue weighted by atomic mass is 32.2. The van der Waals surface area contributed by atoms with E-state index in [-0.39, 0.29) is 0 Å². The van der Waals surface area contributed by atoms with E-state index in [1.165, 1.54) is 16.1 Å². The van der Waals surface area contributed by atoms with Gasteiger partial charge in [0.05, 0.1) is 5.69 Å². The predicted molar refractivity (Wildman–Crippen MR) is 105 cm³/mol. The van der Waals surface area contributed by atoms with Crippen LogP contribution >= 0.6 is 11.8 Å². The minimum Gasteiger partial charge on any atom is -0.370 e. The Labute approximate surface area is 157 Å². The van der Waals surface area contributed by atoms with Crippen molar-refractivity contribution in [2.24, 2.45) is 0 Å². The predicted octanol–water partition coefficient (Wildman–Crippen LogP) is 4.32. The molecule has 0 N–H and O–H groups in total. The minimum atomic E-state index is 0.442. The zero-order valence-electron chi connectivity index (χ0n) is 14.8. The van der Waals surface area contributed by atoms with Crippen LogP contribution in [0.3, 0.4) is 0 Å². The summed E-state index contributed by atoms with van der Waals surface area (Å²) in [6.45, 7) is 1.27. The first-order chi connectivity index (χ1) is 12.8. The molecule has 3 aromatic rings. The van der Waals surface area contributed by atoms with E-state index in [1.807, 2.05) is 6.07 Å². The summed E-state index contributed by atoms with van der Waals surface area (Å²) in [7, 11) is 3.81. The molecule has 0 fully saturated rings. The highest BCUT2D eigenvalue weighted by Crippen LogP contribution is 2.46. The van der Waals surface area contributed by atoms with Crippen molar-refractivity contribution in [1.29, 1.82) is 0 Å². The molecule has 1 aromatic heterocycles. The van der Waals surface area contributed by atoms with Gasteiger partial charge in [0, 0.05) is 43.7 Å². The average Bonchev–Trinajstić information content (AvgIpc) is 2.69. The van der Waals surface area contributed by atoms with Gasteiger partial charge in [-0.15, -0.1) is 0 Å². The molecule has 0 saturated heterocycles. The molecule has 26 heavy (non-hydrogen) atoms. The Kier molecular flexibility index (Phi) is 4.77. The summed E-state index contributed by atoms with van der Waals surface area (Å²) >= 11 is 1.65. The van der Waals surface area contributed by atoms with Crippen molar-refractivity contribution in [1.82, 2.24) is 9.97 Å². The van der Waals surface area contributed by atoms with Gasteiger partial charge in [0.1, 0.15) is 11.8 Å². The summed E-state index contributed by atoms with van der Waals surface area (Å²) in [6, 6.07) is 17.0. The first-order valence-electron chi connectivity index (χ1n) is 8.40. The molecule has 1 aliphatic heterocycles. The SMILES string of the molecule is COCN1c2cc(CN(C)c3ccccc3)ccc2Sc2nccnc21. The van der Waals surface area contributed by atoms with Crippen molar-refractivity contribution in [3.63, 3.8) is 0 Å². The van der Waals surface area contributed by atoms with Gasteiger partial charge in [0.25, 0.3) is 0 Å². The quantitative estimate of drug-likeness (QED) is 0.672. The second-order valence-corrected chi connectivity index (χ2v) is 7.16. The number of hydrogen-bond donors (Lipinski definition) is 0. The molecule has 0 saturated carbocycles. The minimum absolute atomic E-state index is 0.442. The third kappa shape index (κ3) is 3.25. The maximum absolute atomic E-state index is 5.42. The fraction of sp³-hybridized carbons (Fsp3) is 0.200. The van der Waals surface area contributed by atoms with Crippen LogP contribution in [0.4, 0.5) is 17.2 Å². The van der Waals surface area contributed by atoms with E-state index in [1.54, 1.807) is 31.3 Å². The topological polar surface area (TPSA) is 41.5 Å². The number of anilines is 3. The highest BCUT2D eigenvalue weighted by molar-refractivity contribution is 7.99. The smallest absolute Gasteiger partial charge is 0.168 e. The van der Waals surface area contributed by atoms with Crippen molar-refractivity contribution in [2.45, 2.75) is 16.5 Å². The van der Waals surface area contributed by atoms with E-state index < -0.39 is 0 Å². The van der Waals surface area contributed by atoms with Gasteiger partial charge in [0.15, 0.2) is 5.82 Å². The number of benzene rings is 2. The molecule has 0 atom stereocenters. The van der Waals surface area contributed by atoms with Gasteiger partial charge >= 0.3 is 0 Å². The zero-order valence-corrected chi connectivity index (χ0v) is 15.6. The molecule has 0 spiro atoms. The van der Waals surface area contributed by atoms with Gasteiger partial charge in [-0.25, -0.2) is 9.97 Å². The summed E-state index contributed by atoms with van der Waals surface area (Å²) in [5.41, 5.74) is 3.55. The lowest BCUT2D eigenvalue weighted by Crippen LogP contribution is -2.25. The Morgan fingerprint density at radius 3 is 2.69 bits per heavy atom. The molecule has 6 heteroatoms. The van der Waals surface area contributed by atoms with Gasteiger partial charge in [-0.2, -0.15) is 0 Å². The van der Waals surface area contributed by atoms with Gasteiger partial charge in [-0.05, 0) is 29.8 Å². The summed E-state index contributed by atoms with van der Waals surface area (Å²) < 4.78 is 5.42. The van der Waals surface area contributed by atoms with E-state index in [0.717, 1.165) is 23.1 Å². The maximum Gasteiger partial charge on any atom is 0.168 e. The van der Waals surface area contributed by atoms with Crippen LogP contribution < -0.4 is 9.80 Å². The van der Waals surface area contributed by atoms with Crippen LogP contribution in [0.25, 0.3) is 0 Å². The molecule has 0 amide bonds. The Balaban J connectivity index is 1.65. The molecule has 0 aliphatic carbocycles. The fourth-order valence-electron chi connectivity index (χ4n) is 3.06. The molecule has 2 aromatic carbocycles. The van der Waals surface area contributed by atoms with E-state index in [0.29, 0.717) is 6.73 Å². The molecule has 0 unspecified atom stereocenters. The lowest BCUT2D eigenvalue weighted by Gasteiger charge is -2.30. The molecule has 5 nitrogen and oxygen atoms in total. The highest BCUT2D eigenvalue weighted by Gasteiger charge is 2.25. The Hall–Kier alpha value is -2.57. The number of rotatable bonds is 5. The van der Waals surface area contributed by atoms with Crippen LogP contribution in [-0.4, -0.2) is 30.9 Å². The van der Waals surface area contributed by atoms with E-state index in [4.69, 9.17) is 4.74 Å². The molecule has 0 bridgehead atoms. The van der Waals surface area contributed by atoms with E-state index in [9.17, 15) is 0 Å². The van der Waals surface area contributed by atoms with Crippen molar-refractivity contribution < 1.29 is 4.74 Å². The van der Waals surface area contributed by atoms with E-state index >= 15 is 0 Å². The number of nitrogens with zero attached hydrogens (tertiary/aromatic N) is 4. The van der Waals surface area contributed by atoms with Gasteiger partial charge in [-0.3, -0.25) is 4.90 Å². The van der Waals surface area contributed by atoms with Crippen LogP contribution in [0, 0.1) is 0 Å². The number of fused-ring (bicyclic) bond motifs is 2. The third-order valence-electron chi connectivity index (χ3n) is 4.30. The van der Waals surface area contributed by atoms with Crippen LogP contribution in [0.15, 0.2) is 70.8 Å². The van der Waals surface area contributed by atoms with Crippen LogP contribution in [-0.2, 0) is 11.3 Å². The maximum atomic E-state index is 5.42. The molecule has 4 rings (SSSR count). The zero-order chi connectivity index (χ0) is 17.9. The monoisotopic (exact) mass is 364 g/mol. The van der Waals surface area contributed by atoms with Crippen molar-refractivity contribution in [3.8, 4) is 0 Å². The molecular weight excluding hydrogens is 344 g/mol. The molecular formula is C20H20N4OS. The average molecular weight is 364 g/mol. The first kappa shape index (κ1) is 16.9. The Morgan fingerprint density at radius 2 is 1.88 bits per heavy atom. The number of ether oxygens (including phenoxy) is 1. The molecule has 2 heterocycles. The van der Waals surface area contributed by atoms with Crippen LogP contribution in [0.5, 0.6) is 0 Å². The summed E-state index contributed by atoms with van der Waals surface area (Å²) in [6.07, 6.45) is 3.45. The second kappa shape index (κ2) is 7.35. The fourth-order valence-corrected chi connectivity index (χ4v) is 4.05. The van der Waals surface area contributed by atoms with E-state index in [2.05, 4.69) is 69.3 Å². The summed E-state index contributed by atoms with van der Waals surface area (Å²) in [5, 5.41) is 0.909. The van der Waals surface area contributed by atoms with Gasteiger partial charge in [0.2, 0.25) is 0 Å². The second-order valence-electron chi connectivity index (χ2n) is 6.13. The first-order valence-corrected chi connectivity index (χ1v) is 9.22. The third-order valence-corrected chi connectivity index (χ3v) is 5.34. The largest absolute Gasteiger partial charge is 0.370 e. The molecule has 1 aliphatic rings. The normalized spacial score (nSPS) is 12.5. The number of methoxy groups -OCH3 is 1. The van der Waals surface area contributed by atoms with Crippen molar-refractivity contribution in [2.75, 3.05) is 30.7 Å². The van der Waals surface area contributed by atoms with Gasteiger partial charge in [-0.1, -0.05) is 36.0 Å². The Morgan fingerprint density at radius 1 is 1.08 bits per heavy atom.